The highest BCUT2D eigenvalue weighted by molar-refractivity contribution is 5.77. The summed E-state index contributed by atoms with van der Waals surface area (Å²) in [7, 11) is 0. The highest BCUT2D eigenvalue weighted by atomic mass is 16.2. The van der Waals surface area contributed by atoms with Crippen LogP contribution in [0.1, 0.15) is 41.0 Å². The fourth-order valence-electron chi connectivity index (χ4n) is 1.73. The van der Waals surface area contributed by atoms with E-state index in [1.165, 1.54) is 0 Å². The van der Waals surface area contributed by atoms with E-state index in [0.717, 1.165) is 13.1 Å². The van der Waals surface area contributed by atoms with Crippen LogP contribution in [0.4, 0.5) is 0 Å². The summed E-state index contributed by atoms with van der Waals surface area (Å²) in [6.45, 7) is 12.6. The van der Waals surface area contributed by atoms with Gasteiger partial charge in [0.25, 0.3) is 0 Å². The molecular weight excluding hydrogens is 162 g/mol. The topological polar surface area (TPSA) is 20.3 Å². The molecule has 0 saturated carbocycles. The van der Waals surface area contributed by atoms with Gasteiger partial charge in [-0.25, -0.2) is 0 Å². The molecule has 0 atom stereocenters. The maximum Gasteiger partial charge on any atom is 0.223 e. The van der Waals surface area contributed by atoms with E-state index in [2.05, 4.69) is 34.6 Å². The number of nitrogens with zero attached hydrogens (tertiary/aromatic N) is 1. The number of hydrogen-bond acceptors (Lipinski definition) is 1. The Bertz CT molecular complexity index is 205. The largest absolute Gasteiger partial charge is 0.341 e. The molecule has 13 heavy (non-hydrogen) atoms. The van der Waals surface area contributed by atoms with Gasteiger partial charge in [-0.2, -0.15) is 0 Å². The van der Waals surface area contributed by atoms with E-state index in [9.17, 15) is 4.79 Å². The van der Waals surface area contributed by atoms with E-state index in [4.69, 9.17) is 0 Å². The summed E-state index contributed by atoms with van der Waals surface area (Å²) < 4.78 is 0. The van der Waals surface area contributed by atoms with Gasteiger partial charge in [-0.3, -0.25) is 4.79 Å². The zero-order valence-electron chi connectivity index (χ0n) is 9.48. The quantitative estimate of drug-likeness (QED) is 0.611. The van der Waals surface area contributed by atoms with Crippen LogP contribution >= 0.6 is 0 Å². The molecule has 1 aliphatic heterocycles. The van der Waals surface area contributed by atoms with Crippen LogP contribution in [0.3, 0.4) is 0 Å². The van der Waals surface area contributed by atoms with Gasteiger partial charge < -0.3 is 4.90 Å². The van der Waals surface area contributed by atoms with Crippen molar-refractivity contribution in [1.82, 2.24) is 4.90 Å². The lowest BCUT2D eigenvalue weighted by atomic mass is 9.83. The van der Waals surface area contributed by atoms with Crippen molar-refractivity contribution in [2.75, 3.05) is 13.1 Å². The summed E-state index contributed by atoms with van der Waals surface area (Å²) in [6.07, 6.45) is 0.670. The molecule has 2 nitrogen and oxygen atoms in total. The SMILES string of the molecule is CC(C)(C)CC(=O)N1CC(C)(C)C1. The van der Waals surface area contributed by atoms with Crippen molar-refractivity contribution in [3.05, 3.63) is 0 Å². The molecule has 1 fully saturated rings. The molecule has 1 heterocycles. The lowest BCUT2D eigenvalue weighted by Crippen LogP contribution is -2.55. The minimum Gasteiger partial charge on any atom is -0.341 e. The number of rotatable bonds is 1. The second kappa shape index (κ2) is 3.00. The Hall–Kier alpha value is -0.530. The summed E-state index contributed by atoms with van der Waals surface area (Å²) in [4.78, 5) is 13.6. The maximum absolute atomic E-state index is 11.7. The van der Waals surface area contributed by atoms with E-state index in [-0.39, 0.29) is 5.41 Å². The predicted molar refractivity (Wildman–Crippen MR) is 54.4 cm³/mol. The zero-order valence-corrected chi connectivity index (χ0v) is 9.48. The number of hydrogen-bond donors (Lipinski definition) is 0. The average Bonchev–Trinajstić information content (AvgIpc) is 1.77. The number of carbonyl (C=O) groups excluding carboxylic acids is 1. The number of likely N-dealkylation sites (tertiary alicyclic amines) is 1. The van der Waals surface area contributed by atoms with Gasteiger partial charge >= 0.3 is 0 Å². The smallest absolute Gasteiger partial charge is 0.223 e. The first kappa shape index (κ1) is 10.6. The standard InChI is InChI=1S/C11H21NO/c1-10(2,3)6-9(13)12-7-11(4,5)8-12/h6-8H2,1-5H3. The molecule has 0 unspecified atom stereocenters. The van der Waals surface area contributed by atoms with Crippen LogP contribution in [0.25, 0.3) is 0 Å². The summed E-state index contributed by atoms with van der Waals surface area (Å²) >= 11 is 0. The second-order valence-corrected chi connectivity index (χ2v) is 6.15. The van der Waals surface area contributed by atoms with Crippen molar-refractivity contribution in [2.45, 2.75) is 41.0 Å². The molecule has 0 bridgehead atoms. The molecule has 2 heteroatoms. The zero-order chi connectivity index (χ0) is 10.3. The molecule has 0 aromatic heterocycles. The van der Waals surface area contributed by atoms with E-state index in [0.29, 0.717) is 17.7 Å². The Morgan fingerprint density at radius 3 is 2.08 bits per heavy atom. The lowest BCUT2D eigenvalue weighted by Gasteiger charge is -2.46. The molecule has 0 aromatic rings. The highest BCUT2D eigenvalue weighted by Gasteiger charge is 2.37. The highest BCUT2D eigenvalue weighted by Crippen LogP contribution is 2.31. The van der Waals surface area contributed by atoms with Crippen LogP contribution in [0.5, 0.6) is 0 Å². The third-order valence-corrected chi connectivity index (χ3v) is 2.27. The molecule has 0 N–H and O–H groups in total. The van der Waals surface area contributed by atoms with Gasteiger partial charge in [-0.05, 0) is 10.8 Å². The van der Waals surface area contributed by atoms with Crippen LogP contribution in [0.15, 0.2) is 0 Å². The number of amides is 1. The molecule has 0 aromatic carbocycles. The van der Waals surface area contributed by atoms with Gasteiger partial charge in [-0.1, -0.05) is 34.6 Å². The first-order valence-electron chi connectivity index (χ1n) is 4.97. The minimum atomic E-state index is 0.122. The monoisotopic (exact) mass is 183 g/mol. The third-order valence-electron chi connectivity index (χ3n) is 2.27. The van der Waals surface area contributed by atoms with Crippen molar-refractivity contribution in [3.63, 3.8) is 0 Å². The molecule has 76 valence electrons. The van der Waals surface area contributed by atoms with Crippen LogP contribution in [-0.2, 0) is 4.79 Å². The molecule has 0 radical (unpaired) electrons. The summed E-state index contributed by atoms with van der Waals surface area (Å²) in [5.41, 5.74) is 0.477. The summed E-state index contributed by atoms with van der Waals surface area (Å²) in [5.74, 6) is 0.312. The Kier molecular flexibility index (Phi) is 2.44. The van der Waals surface area contributed by atoms with E-state index in [1.807, 2.05) is 4.90 Å². The van der Waals surface area contributed by atoms with Gasteiger partial charge in [0, 0.05) is 19.5 Å². The predicted octanol–water partition coefficient (Wildman–Crippen LogP) is 2.29. The van der Waals surface area contributed by atoms with Crippen LogP contribution in [0, 0.1) is 10.8 Å². The van der Waals surface area contributed by atoms with Crippen molar-refractivity contribution in [2.24, 2.45) is 10.8 Å². The van der Waals surface area contributed by atoms with E-state index >= 15 is 0 Å². The first-order chi connectivity index (χ1) is 5.70. The van der Waals surface area contributed by atoms with Gasteiger partial charge in [0.1, 0.15) is 0 Å². The molecule has 1 aliphatic rings. The second-order valence-electron chi connectivity index (χ2n) is 6.15. The fraction of sp³-hybridized carbons (Fsp3) is 0.909. The van der Waals surface area contributed by atoms with Gasteiger partial charge in [0.15, 0.2) is 0 Å². The molecule has 1 amide bonds. The molecule has 1 saturated heterocycles. The molecule has 0 aliphatic carbocycles. The maximum atomic E-state index is 11.7. The summed E-state index contributed by atoms with van der Waals surface area (Å²) in [5, 5.41) is 0. The van der Waals surface area contributed by atoms with Crippen molar-refractivity contribution in [3.8, 4) is 0 Å². The van der Waals surface area contributed by atoms with E-state index < -0.39 is 0 Å². The molecular formula is C11H21NO. The number of carbonyl (C=O) groups is 1. The Labute approximate surface area is 81.3 Å². The fourth-order valence-corrected chi connectivity index (χ4v) is 1.73. The van der Waals surface area contributed by atoms with Crippen LogP contribution in [-0.4, -0.2) is 23.9 Å². The van der Waals surface area contributed by atoms with Crippen LogP contribution in [0.2, 0.25) is 0 Å². The lowest BCUT2D eigenvalue weighted by molar-refractivity contribution is -0.143. The normalized spacial score (nSPS) is 21.2. The van der Waals surface area contributed by atoms with Gasteiger partial charge in [-0.15, -0.1) is 0 Å². The molecule has 1 rings (SSSR count). The average molecular weight is 183 g/mol. The van der Waals surface area contributed by atoms with Gasteiger partial charge in [0.05, 0.1) is 0 Å². The minimum absolute atomic E-state index is 0.122. The summed E-state index contributed by atoms with van der Waals surface area (Å²) in [6, 6.07) is 0. The van der Waals surface area contributed by atoms with Crippen molar-refractivity contribution in [1.29, 1.82) is 0 Å². The molecule has 0 spiro atoms. The Morgan fingerprint density at radius 2 is 1.77 bits per heavy atom. The van der Waals surface area contributed by atoms with Crippen LogP contribution < -0.4 is 0 Å². The third kappa shape index (κ3) is 3.02. The Morgan fingerprint density at radius 1 is 1.31 bits per heavy atom. The van der Waals surface area contributed by atoms with Gasteiger partial charge in [0.2, 0.25) is 5.91 Å². The van der Waals surface area contributed by atoms with Crippen molar-refractivity contribution < 1.29 is 4.79 Å². The Balaban J connectivity index is 2.36. The van der Waals surface area contributed by atoms with Crippen molar-refractivity contribution >= 4 is 5.91 Å². The van der Waals surface area contributed by atoms with E-state index in [1.54, 1.807) is 0 Å². The first-order valence-corrected chi connectivity index (χ1v) is 4.97.